The molecule has 28 heavy (non-hydrogen) atoms. The number of aromatic nitrogens is 1. The van der Waals surface area contributed by atoms with Crippen LogP contribution in [-0.4, -0.2) is 17.0 Å². The monoisotopic (exact) mass is 389 g/mol. The summed E-state index contributed by atoms with van der Waals surface area (Å²) in [5.41, 5.74) is 8.32. The molecule has 6 nitrogen and oxygen atoms in total. The van der Waals surface area contributed by atoms with Crippen molar-refractivity contribution in [3.63, 3.8) is 0 Å². The van der Waals surface area contributed by atoms with E-state index in [1.54, 1.807) is 18.2 Å². The van der Waals surface area contributed by atoms with Crippen LogP contribution in [0.4, 0.5) is 5.88 Å². The maximum absolute atomic E-state index is 12.6. The van der Waals surface area contributed by atoms with E-state index in [0.717, 1.165) is 16.0 Å². The molecule has 0 saturated carbocycles. The first-order chi connectivity index (χ1) is 13.6. The molecule has 0 aliphatic rings. The molecule has 0 radical (unpaired) electrons. The van der Waals surface area contributed by atoms with E-state index in [-0.39, 0.29) is 11.4 Å². The second kappa shape index (κ2) is 7.50. The first-order valence-corrected chi connectivity index (χ1v) is 9.31. The number of rotatable bonds is 5. The molecule has 2 amide bonds. The lowest BCUT2D eigenvalue weighted by Gasteiger charge is -2.05. The Morgan fingerprint density at radius 3 is 2.29 bits per heavy atom. The first kappa shape index (κ1) is 17.7. The molecule has 0 unspecified atom stereocenters. The third-order valence-corrected chi connectivity index (χ3v) is 5.05. The zero-order valence-electron chi connectivity index (χ0n) is 14.6. The maximum atomic E-state index is 12.6. The number of hydrogen-bond donors (Lipinski definition) is 2. The van der Waals surface area contributed by atoms with Gasteiger partial charge in [-0.05, 0) is 34.7 Å². The lowest BCUT2D eigenvalue weighted by atomic mass is 10.0. The Kier molecular flexibility index (Phi) is 4.74. The van der Waals surface area contributed by atoms with Gasteiger partial charge in [0.2, 0.25) is 5.88 Å². The molecule has 2 heterocycles. The second-order valence-electron chi connectivity index (χ2n) is 5.97. The Morgan fingerprint density at radius 1 is 0.929 bits per heavy atom. The van der Waals surface area contributed by atoms with E-state index in [9.17, 15) is 9.59 Å². The highest BCUT2D eigenvalue weighted by molar-refractivity contribution is 7.13. The molecule has 138 valence electrons. The topological polar surface area (TPSA) is 98.2 Å². The highest BCUT2D eigenvalue weighted by atomic mass is 32.1. The molecule has 0 spiro atoms. The predicted octanol–water partition coefficient (Wildman–Crippen LogP) is 4.42. The molecule has 0 saturated heterocycles. The molecule has 3 N–H and O–H groups in total. The average molecular weight is 389 g/mol. The van der Waals surface area contributed by atoms with E-state index in [1.807, 2.05) is 53.9 Å². The lowest BCUT2D eigenvalue weighted by Crippen LogP contribution is -2.17. The van der Waals surface area contributed by atoms with Crippen LogP contribution < -0.4 is 11.1 Å². The van der Waals surface area contributed by atoms with Crippen molar-refractivity contribution in [3.05, 3.63) is 83.2 Å². The summed E-state index contributed by atoms with van der Waals surface area (Å²) >= 11 is 1.39. The number of carbonyl (C=O) groups excluding carboxylic acids is 2. The molecule has 0 fully saturated rings. The summed E-state index contributed by atoms with van der Waals surface area (Å²) in [6.07, 6.45) is 0. The average Bonchev–Trinajstić information content (AvgIpc) is 3.38. The quantitative estimate of drug-likeness (QED) is 0.528. The van der Waals surface area contributed by atoms with Crippen LogP contribution >= 0.6 is 11.3 Å². The smallest absolute Gasteiger partial charge is 0.258 e. The lowest BCUT2D eigenvalue weighted by molar-refractivity contribution is 0.100. The minimum absolute atomic E-state index is 0.0525. The second-order valence-corrected chi connectivity index (χ2v) is 6.92. The molecule has 0 aliphatic heterocycles. The van der Waals surface area contributed by atoms with E-state index >= 15 is 0 Å². The van der Waals surface area contributed by atoms with Crippen molar-refractivity contribution in [2.45, 2.75) is 0 Å². The number of nitrogens with one attached hydrogen (secondary N) is 1. The molecule has 0 bridgehead atoms. The van der Waals surface area contributed by atoms with Crippen LogP contribution in [0, 0.1) is 0 Å². The third-order valence-electron chi connectivity index (χ3n) is 4.17. The number of hydrogen-bond acceptors (Lipinski definition) is 5. The summed E-state index contributed by atoms with van der Waals surface area (Å²) < 4.78 is 5.19. The summed E-state index contributed by atoms with van der Waals surface area (Å²) in [7, 11) is 0. The highest BCUT2D eigenvalue weighted by Crippen LogP contribution is 2.31. The maximum Gasteiger partial charge on any atom is 0.258 e. The standard InChI is InChI=1S/C21H15N3O3S/c22-19(25)17-18(16-7-4-12-28-16)24-27-21(17)23-20(26)15-10-8-14(9-11-15)13-5-2-1-3-6-13/h1-12H,(H2,22,25)(H,23,26). The van der Waals surface area contributed by atoms with Crippen molar-refractivity contribution in [1.82, 2.24) is 5.16 Å². The Morgan fingerprint density at radius 2 is 1.64 bits per heavy atom. The van der Waals surface area contributed by atoms with Crippen molar-refractivity contribution in [3.8, 4) is 21.7 Å². The van der Waals surface area contributed by atoms with Crippen LogP contribution in [0.5, 0.6) is 0 Å². The van der Waals surface area contributed by atoms with Gasteiger partial charge in [-0.25, -0.2) is 0 Å². The number of primary amides is 1. The van der Waals surface area contributed by atoms with Gasteiger partial charge in [0.05, 0.1) is 4.88 Å². The fraction of sp³-hybridized carbons (Fsp3) is 0. The number of nitrogens with two attached hydrogens (primary N) is 1. The van der Waals surface area contributed by atoms with Gasteiger partial charge in [0.15, 0.2) is 0 Å². The van der Waals surface area contributed by atoms with Crippen molar-refractivity contribution in [2.75, 3.05) is 5.32 Å². The minimum atomic E-state index is -0.723. The van der Waals surface area contributed by atoms with Crippen molar-refractivity contribution >= 4 is 29.0 Å². The zero-order chi connectivity index (χ0) is 19.5. The van der Waals surface area contributed by atoms with E-state index in [4.69, 9.17) is 10.3 Å². The molecule has 7 heteroatoms. The number of nitrogens with zero attached hydrogens (tertiary/aromatic N) is 1. The van der Waals surface area contributed by atoms with Gasteiger partial charge in [-0.2, -0.15) is 0 Å². The van der Waals surface area contributed by atoms with Crippen molar-refractivity contribution in [2.24, 2.45) is 5.73 Å². The number of anilines is 1. The molecule has 0 atom stereocenters. The highest BCUT2D eigenvalue weighted by Gasteiger charge is 2.24. The molecular weight excluding hydrogens is 374 g/mol. The Balaban J connectivity index is 1.58. The summed E-state index contributed by atoms with van der Waals surface area (Å²) in [4.78, 5) is 25.2. The number of benzene rings is 2. The van der Waals surface area contributed by atoms with Crippen LogP contribution in [0.3, 0.4) is 0 Å². The molecular formula is C21H15N3O3S. The summed E-state index contributed by atoms with van der Waals surface area (Å²) in [6.45, 7) is 0. The van der Waals surface area contributed by atoms with Gasteiger partial charge in [-0.1, -0.05) is 53.7 Å². The fourth-order valence-electron chi connectivity index (χ4n) is 2.81. The van der Waals surface area contributed by atoms with E-state index in [1.165, 1.54) is 11.3 Å². The molecule has 4 aromatic rings. The fourth-order valence-corrected chi connectivity index (χ4v) is 3.52. The minimum Gasteiger partial charge on any atom is -0.365 e. The van der Waals surface area contributed by atoms with E-state index in [2.05, 4.69) is 10.5 Å². The molecule has 0 aliphatic carbocycles. The van der Waals surface area contributed by atoms with Gasteiger partial charge in [-0.15, -0.1) is 11.3 Å². The molecule has 2 aromatic carbocycles. The van der Waals surface area contributed by atoms with Crippen LogP contribution in [0.25, 0.3) is 21.7 Å². The van der Waals surface area contributed by atoms with Gasteiger partial charge in [0.1, 0.15) is 11.3 Å². The summed E-state index contributed by atoms with van der Waals surface area (Å²) in [5, 5.41) is 8.33. The SMILES string of the molecule is NC(=O)c1c(-c2cccs2)noc1NC(=O)c1ccc(-c2ccccc2)cc1. The van der Waals surface area contributed by atoms with Gasteiger partial charge in [-0.3, -0.25) is 14.9 Å². The number of thiophene rings is 1. The molecule has 2 aromatic heterocycles. The number of carbonyl (C=O) groups is 2. The van der Waals surface area contributed by atoms with Crippen molar-refractivity contribution in [1.29, 1.82) is 0 Å². The van der Waals surface area contributed by atoms with Crippen molar-refractivity contribution < 1.29 is 14.1 Å². The van der Waals surface area contributed by atoms with Crippen LogP contribution in [0.15, 0.2) is 76.6 Å². The number of amides is 2. The van der Waals surface area contributed by atoms with Gasteiger partial charge in [0, 0.05) is 5.56 Å². The Bertz CT molecular complexity index is 1120. The van der Waals surface area contributed by atoms with Crippen LogP contribution in [0.1, 0.15) is 20.7 Å². The van der Waals surface area contributed by atoms with Gasteiger partial charge in [0.25, 0.3) is 11.8 Å². The van der Waals surface area contributed by atoms with Gasteiger partial charge >= 0.3 is 0 Å². The van der Waals surface area contributed by atoms with E-state index < -0.39 is 11.8 Å². The van der Waals surface area contributed by atoms with Crippen LogP contribution in [0.2, 0.25) is 0 Å². The first-order valence-electron chi connectivity index (χ1n) is 8.43. The Labute approximate surface area is 164 Å². The largest absolute Gasteiger partial charge is 0.365 e. The van der Waals surface area contributed by atoms with Gasteiger partial charge < -0.3 is 10.3 Å². The third kappa shape index (κ3) is 3.43. The van der Waals surface area contributed by atoms with E-state index in [0.29, 0.717) is 11.3 Å². The predicted molar refractivity (Wildman–Crippen MR) is 108 cm³/mol. The Hall–Kier alpha value is -3.71. The summed E-state index contributed by atoms with van der Waals surface area (Å²) in [5.74, 6) is -1.21. The van der Waals surface area contributed by atoms with Crippen LogP contribution in [-0.2, 0) is 0 Å². The molecule has 4 rings (SSSR count). The normalized spacial score (nSPS) is 10.6. The summed E-state index contributed by atoms with van der Waals surface area (Å²) in [6, 6.07) is 20.6. The zero-order valence-corrected chi connectivity index (χ0v) is 15.4.